The number of nitrogens with two attached hydrogens (primary N) is 1. The smallest absolute Gasteiger partial charge is 0.0109 e. The summed E-state index contributed by atoms with van der Waals surface area (Å²) in [5.74, 6) is 1.38. The van der Waals surface area contributed by atoms with E-state index in [2.05, 4.69) is 32.7 Å². The van der Waals surface area contributed by atoms with Gasteiger partial charge in [0.1, 0.15) is 0 Å². The third-order valence-corrected chi connectivity index (χ3v) is 3.33. The van der Waals surface area contributed by atoms with E-state index in [9.17, 15) is 0 Å². The molecule has 0 amide bonds. The molecule has 72 valence electrons. The Kier molecular flexibility index (Phi) is 3.13. The van der Waals surface area contributed by atoms with Crippen molar-refractivity contribution in [1.82, 2.24) is 4.90 Å². The van der Waals surface area contributed by atoms with E-state index in [1.807, 2.05) is 0 Å². The van der Waals surface area contributed by atoms with Crippen molar-refractivity contribution in [3.05, 3.63) is 0 Å². The summed E-state index contributed by atoms with van der Waals surface area (Å²) in [4.78, 5) is 2.42. The van der Waals surface area contributed by atoms with Gasteiger partial charge < -0.3 is 10.6 Å². The molecule has 1 aliphatic heterocycles. The first-order chi connectivity index (χ1) is 5.54. The first-order valence-corrected chi connectivity index (χ1v) is 5.00. The zero-order valence-corrected chi connectivity index (χ0v) is 8.75. The lowest BCUT2D eigenvalue weighted by Gasteiger charge is -2.43. The number of piperidine rings is 1. The SMILES string of the molecule is CC(C)C1C(N)CCN(C)C1C. The van der Waals surface area contributed by atoms with Gasteiger partial charge in [0.05, 0.1) is 0 Å². The van der Waals surface area contributed by atoms with Crippen LogP contribution < -0.4 is 5.73 Å². The third-order valence-electron chi connectivity index (χ3n) is 3.33. The van der Waals surface area contributed by atoms with Crippen molar-refractivity contribution in [2.75, 3.05) is 13.6 Å². The van der Waals surface area contributed by atoms with Gasteiger partial charge in [-0.15, -0.1) is 0 Å². The molecule has 1 aliphatic rings. The quantitative estimate of drug-likeness (QED) is 0.643. The van der Waals surface area contributed by atoms with Gasteiger partial charge in [-0.3, -0.25) is 0 Å². The summed E-state index contributed by atoms with van der Waals surface area (Å²) in [6, 6.07) is 1.06. The fourth-order valence-corrected chi connectivity index (χ4v) is 2.45. The van der Waals surface area contributed by atoms with Gasteiger partial charge in [0.25, 0.3) is 0 Å². The van der Waals surface area contributed by atoms with E-state index in [4.69, 9.17) is 5.73 Å². The largest absolute Gasteiger partial charge is 0.327 e. The average molecular weight is 170 g/mol. The van der Waals surface area contributed by atoms with E-state index in [1.54, 1.807) is 0 Å². The maximum atomic E-state index is 6.11. The van der Waals surface area contributed by atoms with Crippen LogP contribution in [0.25, 0.3) is 0 Å². The molecule has 1 saturated heterocycles. The van der Waals surface area contributed by atoms with Gasteiger partial charge >= 0.3 is 0 Å². The van der Waals surface area contributed by atoms with Gasteiger partial charge in [0.15, 0.2) is 0 Å². The highest BCUT2D eigenvalue weighted by atomic mass is 15.1. The third kappa shape index (κ3) is 1.80. The first kappa shape index (κ1) is 10.0. The molecule has 0 radical (unpaired) electrons. The van der Waals surface area contributed by atoms with Crippen molar-refractivity contribution in [2.24, 2.45) is 17.6 Å². The topological polar surface area (TPSA) is 29.3 Å². The second kappa shape index (κ2) is 3.75. The predicted molar refractivity (Wildman–Crippen MR) is 53.0 cm³/mol. The molecule has 1 rings (SSSR count). The summed E-state index contributed by atoms with van der Waals surface area (Å²) in [7, 11) is 2.20. The second-order valence-electron chi connectivity index (χ2n) is 4.50. The van der Waals surface area contributed by atoms with E-state index in [-0.39, 0.29) is 0 Å². The number of hydrogen-bond acceptors (Lipinski definition) is 2. The maximum absolute atomic E-state index is 6.11. The molecule has 3 unspecified atom stereocenters. The van der Waals surface area contributed by atoms with Gasteiger partial charge in [-0.25, -0.2) is 0 Å². The summed E-state index contributed by atoms with van der Waals surface area (Å²) in [5, 5.41) is 0. The summed E-state index contributed by atoms with van der Waals surface area (Å²) in [5.41, 5.74) is 6.11. The minimum Gasteiger partial charge on any atom is -0.327 e. The van der Waals surface area contributed by atoms with Crippen LogP contribution >= 0.6 is 0 Å². The minimum atomic E-state index is 0.413. The maximum Gasteiger partial charge on any atom is 0.0109 e. The molecule has 1 heterocycles. The van der Waals surface area contributed by atoms with Crippen molar-refractivity contribution in [3.63, 3.8) is 0 Å². The molecular formula is C10H22N2. The second-order valence-corrected chi connectivity index (χ2v) is 4.50. The van der Waals surface area contributed by atoms with E-state index in [0.29, 0.717) is 23.9 Å². The Balaban J connectivity index is 2.65. The van der Waals surface area contributed by atoms with Crippen LogP contribution in [0.4, 0.5) is 0 Å². The Bertz CT molecular complexity index is 145. The van der Waals surface area contributed by atoms with E-state index in [1.165, 1.54) is 0 Å². The van der Waals surface area contributed by atoms with Crippen LogP contribution in [-0.2, 0) is 0 Å². The van der Waals surface area contributed by atoms with Crippen LogP contribution in [0, 0.1) is 11.8 Å². The van der Waals surface area contributed by atoms with Crippen LogP contribution in [0.2, 0.25) is 0 Å². The summed E-state index contributed by atoms with van der Waals surface area (Å²) in [6.07, 6.45) is 1.16. The van der Waals surface area contributed by atoms with Gasteiger partial charge in [-0.1, -0.05) is 13.8 Å². The van der Waals surface area contributed by atoms with Crippen molar-refractivity contribution < 1.29 is 0 Å². The van der Waals surface area contributed by atoms with Gasteiger partial charge in [-0.2, -0.15) is 0 Å². The molecule has 0 bridgehead atoms. The van der Waals surface area contributed by atoms with Crippen molar-refractivity contribution in [1.29, 1.82) is 0 Å². The molecule has 0 spiro atoms. The Labute approximate surface area is 76.1 Å². The molecule has 0 saturated carbocycles. The van der Waals surface area contributed by atoms with Crippen molar-refractivity contribution in [3.8, 4) is 0 Å². The lowest BCUT2D eigenvalue weighted by Crippen LogP contribution is -2.53. The summed E-state index contributed by atoms with van der Waals surface area (Å²) in [6.45, 7) is 8.01. The van der Waals surface area contributed by atoms with Crippen molar-refractivity contribution in [2.45, 2.75) is 39.3 Å². The number of nitrogens with zero attached hydrogens (tertiary/aromatic N) is 1. The molecular weight excluding hydrogens is 148 g/mol. The van der Waals surface area contributed by atoms with Crippen LogP contribution in [0.3, 0.4) is 0 Å². The molecule has 12 heavy (non-hydrogen) atoms. The molecule has 0 aliphatic carbocycles. The van der Waals surface area contributed by atoms with Crippen LogP contribution in [0.1, 0.15) is 27.2 Å². The molecule has 2 heteroatoms. The van der Waals surface area contributed by atoms with E-state index >= 15 is 0 Å². The highest BCUT2D eigenvalue weighted by Crippen LogP contribution is 2.27. The van der Waals surface area contributed by atoms with Gasteiger partial charge in [0, 0.05) is 12.1 Å². The monoisotopic (exact) mass is 170 g/mol. The van der Waals surface area contributed by atoms with Gasteiger partial charge in [-0.05, 0) is 38.8 Å². The minimum absolute atomic E-state index is 0.413. The Morgan fingerprint density at radius 2 is 2.00 bits per heavy atom. The Morgan fingerprint density at radius 1 is 1.42 bits per heavy atom. The fraction of sp³-hybridized carbons (Fsp3) is 1.00. The first-order valence-electron chi connectivity index (χ1n) is 5.00. The van der Waals surface area contributed by atoms with E-state index < -0.39 is 0 Å². The van der Waals surface area contributed by atoms with Crippen molar-refractivity contribution >= 4 is 0 Å². The van der Waals surface area contributed by atoms with Crippen LogP contribution in [0.15, 0.2) is 0 Å². The molecule has 2 N–H and O–H groups in total. The standard InChI is InChI=1S/C10H22N2/c1-7(2)10-8(3)12(4)6-5-9(10)11/h7-10H,5-6,11H2,1-4H3. The zero-order valence-electron chi connectivity index (χ0n) is 8.75. The lowest BCUT2D eigenvalue weighted by molar-refractivity contribution is 0.0851. The molecule has 3 atom stereocenters. The Morgan fingerprint density at radius 3 is 2.42 bits per heavy atom. The summed E-state index contributed by atoms with van der Waals surface area (Å²) >= 11 is 0. The molecule has 0 aromatic heterocycles. The highest BCUT2D eigenvalue weighted by molar-refractivity contribution is 4.89. The number of hydrogen-bond donors (Lipinski definition) is 1. The average Bonchev–Trinajstić information content (AvgIpc) is 1.97. The fourth-order valence-electron chi connectivity index (χ4n) is 2.45. The highest BCUT2D eigenvalue weighted by Gasteiger charge is 2.33. The Hall–Kier alpha value is -0.0800. The lowest BCUT2D eigenvalue weighted by atomic mass is 9.79. The zero-order chi connectivity index (χ0) is 9.30. The summed E-state index contributed by atoms with van der Waals surface area (Å²) < 4.78 is 0. The number of rotatable bonds is 1. The van der Waals surface area contributed by atoms with Crippen LogP contribution in [0.5, 0.6) is 0 Å². The molecule has 0 aromatic carbocycles. The normalized spacial score (nSPS) is 39.0. The van der Waals surface area contributed by atoms with E-state index in [0.717, 1.165) is 13.0 Å². The molecule has 1 fully saturated rings. The van der Waals surface area contributed by atoms with Crippen LogP contribution in [-0.4, -0.2) is 30.6 Å². The molecule has 2 nitrogen and oxygen atoms in total. The van der Waals surface area contributed by atoms with Gasteiger partial charge in [0.2, 0.25) is 0 Å². The predicted octanol–water partition coefficient (Wildman–Crippen LogP) is 1.31. The molecule has 0 aromatic rings. The number of likely N-dealkylation sites (tertiary alicyclic amines) is 1.